The molecule has 8 heteroatoms. The molecule has 2 aromatic heterocycles. The molecular weight excluding hydrogens is 306 g/mol. The van der Waals surface area contributed by atoms with Gasteiger partial charge >= 0.3 is 0 Å². The quantitative estimate of drug-likeness (QED) is 0.709. The van der Waals surface area contributed by atoms with E-state index in [4.69, 9.17) is 4.74 Å². The Bertz CT molecular complexity index is 819. The summed E-state index contributed by atoms with van der Waals surface area (Å²) >= 11 is 0. The highest BCUT2D eigenvalue weighted by Crippen LogP contribution is 2.25. The van der Waals surface area contributed by atoms with Crippen molar-refractivity contribution in [3.63, 3.8) is 0 Å². The second-order valence-corrected chi connectivity index (χ2v) is 5.61. The average Bonchev–Trinajstić information content (AvgIpc) is 3.10. The van der Waals surface area contributed by atoms with Crippen LogP contribution in [0.1, 0.15) is 17.1 Å². The molecule has 0 atom stereocenters. The van der Waals surface area contributed by atoms with Crippen LogP contribution in [0.5, 0.6) is 5.88 Å². The molecule has 0 saturated heterocycles. The average molecular weight is 323 g/mol. The number of aromatic nitrogens is 6. The molecule has 3 aromatic rings. The van der Waals surface area contributed by atoms with Gasteiger partial charge in [-0.3, -0.25) is 4.90 Å². The van der Waals surface area contributed by atoms with E-state index in [9.17, 15) is 0 Å². The smallest absolute Gasteiger partial charge is 0.220 e. The van der Waals surface area contributed by atoms with Gasteiger partial charge in [-0.1, -0.05) is 18.2 Å². The lowest BCUT2D eigenvalue weighted by molar-refractivity contribution is 0.228. The van der Waals surface area contributed by atoms with Crippen LogP contribution in [0.25, 0.3) is 5.69 Å². The zero-order chi connectivity index (χ0) is 16.4. The number of nitrogens with zero attached hydrogens (tertiary/aromatic N) is 7. The molecule has 0 saturated carbocycles. The maximum Gasteiger partial charge on any atom is 0.220 e. The number of fused-ring (bicyclic) bond motifs is 1. The molecule has 0 aliphatic carbocycles. The summed E-state index contributed by atoms with van der Waals surface area (Å²) in [4.78, 5) is 10.8. The van der Waals surface area contributed by atoms with Crippen LogP contribution in [0, 0.1) is 0 Å². The van der Waals surface area contributed by atoms with Crippen molar-refractivity contribution in [3.05, 3.63) is 53.7 Å². The molecule has 0 spiro atoms. The van der Waals surface area contributed by atoms with Crippen LogP contribution in [0.2, 0.25) is 0 Å². The lowest BCUT2D eigenvalue weighted by atomic mass is 10.1. The van der Waals surface area contributed by atoms with E-state index in [0.29, 0.717) is 12.4 Å². The number of hydrogen-bond donors (Lipinski definition) is 0. The van der Waals surface area contributed by atoms with Gasteiger partial charge in [-0.05, 0) is 22.6 Å². The van der Waals surface area contributed by atoms with Crippen molar-refractivity contribution >= 4 is 0 Å². The van der Waals surface area contributed by atoms with E-state index in [1.54, 1.807) is 18.1 Å². The molecule has 8 nitrogen and oxygen atoms in total. The first-order chi connectivity index (χ1) is 11.8. The molecule has 4 rings (SSSR count). The first-order valence-corrected chi connectivity index (χ1v) is 7.77. The minimum absolute atomic E-state index is 0.646. The fraction of sp³-hybridized carbons (Fsp3) is 0.312. The number of rotatable bonds is 4. The minimum atomic E-state index is 0.646. The number of benzene rings is 1. The standard InChI is InChI=1S/C16H17N7O/c1-24-16-13-9-22(8-7-14(13)17-11-18-16)10-15-19-20-21-23(15)12-5-3-2-4-6-12/h2-6,11H,7-10H2,1H3. The highest BCUT2D eigenvalue weighted by Gasteiger charge is 2.23. The van der Waals surface area contributed by atoms with Gasteiger partial charge in [0.25, 0.3) is 0 Å². The summed E-state index contributed by atoms with van der Waals surface area (Å²) in [6.45, 7) is 2.27. The number of tetrazole rings is 1. The van der Waals surface area contributed by atoms with Crippen LogP contribution >= 0.6 is 0 Å². The summed E-state index contributed by atoms with van der Waals surface area (Å²) in [6, 6.07) is 9.89. The third-order valence-electron chi connectivity index (χ3n) is 4.13. The molecule has 122 valence electrons. The van der Waals surface area contributed by atoms with Crippen molar-refractivity contribution in [1.29, 1.82) is 0 Å². The third-order valence-corrected chi connectivity index (χ3v) is 4.13. The summed E-state index contributed by atoms with van der Waals surface area (Å²) in [5, 5.41) is 12.1. The van der Waals surface area contributed by atoms with Crippen LogP contribution in [-0.4, -0.2) is 48.7 Å². The molecule has 1 aliphatic heterocycles. The van der Waals surface area contributed by atoms with E-state index in [-0.39, 0.29) is 0 Å². The van der Waals surface area contributed by atoms with Crippen LogP contribution in [0.15, 0.2) is 36.7 Å². The van der Waals surface area contributed by atoms with Gasteiger partial charge in [0.05, 0.1) is 25.0 Å². The molecule has 0 fully saturated rings. The van der Waals surface area contributed by atoms with Crippen molar-refractivity contribution in [2.75, 3.05) is 13.7 Å². The fourth-order valence-electron chi connectivity index (χ4n) is 2.96. The van der Waals surface area contributed by atoms with E-state index in [2.05, 4.69) is 30.4 Å². The second-order valence-electron chi connectivity index (χ2n) is 5.61. The van der Waals surface area contributed by atoms with Gasteiger partial charge in [0, 0.05) is 25.1 Å². The molecule has 1 aromatic carbocycles. The van der Waals surface area contributed by atoms with Crippen molar-refractivity contribution in [1.82, 2.24) is 35.1 Å². The molecule has 24 heavy (non-hydrogen) atoms. The van der Waals surface area contributed by atoms with Gasteiger partial charge in [0.2, 0.25) is 5.88 Å². The number of methoxy groups -OCH3 is 1. The normalized spacial score (nSPS) is 14.4. The summed E-state index contributed by atoms with van der Waals surface area (Å²) in [7, 11) is 1.64. The molecule has 3 heterocycles. The monoisotopic (exact) mass is 323 g/mol. The predicted molar refractivity (Wildman–Crippen MR) is 85.6 cm³/mol. The molecule has 1 aliphatic rings. The summed E-state index contributed by atoms with van der Waals surface area (Å²) < 4.78 is 7.14. The Kier molecular flexibility index (Phi) is 3.87. The molecule has 0 unspecified atom stereocenters. The Morgan fingerprint density at radius 2 is 2.04 bits per heavy atom. The van der Waals surface area contributed by atoms with Crippen molar-refractivity contribution in [2.45, 2.75) is 19.5 Å². The van der Waals surface area contributed by atoms with Gasteiger partial charge < -0.3 is 4.74 Å². The summed E-state index contributed by atoms with van der Waals surface area (Å²) in [5.41, 5.74) is 3.06. The third kappa shape index (κ3) is 2.71. The molecule has 0 radical (unpaired) electrons. The molecule has 0 amide bonds. The van der Waals surface area contributed by atoms with Crippen LogP contribution in [0.3, 0.4) is 0 Å². The Morgan fingerprint density at radius 3 is 2.88 bits per heavy atom. The van der Waals surface area contributed by atoms with Gasteiger partial charge in [0.1, 0.15) is 6.33 Å². The SMILES string of the molecule is COc1ncnc2c1CN(Cc1nnnn1-c1ccccc1)CC2. The van der Waals surface area contributed by atoms with Crippen molar-refractivity contribution in [3.8, 4) is 11.6 Å². The van der Waals surface area contributed by atoms with E-state index in [1.165, 1.54) is 0 Å². The van der Waals surface area contributed by atoms with E-state index in [0.717, 1.165) is 42.3 Å². The van der Waals surface area contributed by atoms with E-state index >= 15 is 0 Å². The van der Waals surface area contributed by atoms with E-state index < -0.39 is 0 Å². The number of para-hydroxylation sites is 1. The fourth-order valence-corrected chi connectivity index (χ4v) is 2.96. The topological polar surface area (TPSA) is 81.8 Å². The van der Waals surface area contributed by atoms with Gasteiger partial charge in [-0.25, -0.2) is 9.97 Å². The van der Waals surface area contributed by atoms with Crippen LogP contribution < -0.4 is 4.74 Å². The lowest BCUT2D eigenvalue weighted by Crippen LogP contribution is -2.32. The molecular formula is C16H17N7O. The minimum Gasteiger partial charge on any atom is -0.481 e. The van der Waals surface area contributed by atoms with E-state index in [1.807, 2.05) is 30.3 Å². The zero-order valence-electron chi connectivity index (χ0n) is 13.3. The Morgan fingerprint density at radius 1 is 1.17 bits per heavy atom. The van der Waals surface area contributed by atoms with Crippen molar-refractivity contribution in [2.24, 2.45) is 0 Å². The van der Waals surface area contributed by atoms with Crippen LogP contribution in [-0.2, 0) is 19.5 Å². The van der Waals surface area contributed by atoms with Gasteiger partial charge in [-0.15, -0.1) is 5.10 Å². The molecule has 0 bridgehead atoms. The van der Waals surface area contributed by atoms with Gasteiger partial charge in [-0.2, -0.15) is 4.68 Å². The predicted octanol–water partition coefficient (Wildman–Crippen LogP) is 1.02. The Balaban J connectivity index is 1.57. The lowest BCUT2D eigenvalue weighted by Gasteiger charge is -2.27. The Hall–Kier alpha value is -2.87. The van der Waals surface area contributed by atoms with Crippen molar-refractivity contribution < 1.29 is 4.74 Å². The maximum absolute atomic E-state index is 5.37. The maximum atomic E-state index is 5.37. The van der Waals surface area contributed by atoms with Crippen LogP contribution in [0.4, 0.5) is 0 Å². The number of hydrogen-bond acceptors (Lipinski definition) is 7. The zero-order valence-corrected chi connectivity index (χ0v) is 13.3. The summed E-state index contributed by atoms with van der Waals surface area (Å²) in [6.07, 6.45) is 2.42. The first-order valence-electron chi connectivity index (χ1n) is 7.77. The highest BCUT2D eigenvalue weighted by atomic mass is 16.5. The molecule has 0 N–H and O–H groups in total. The largest absolute Gasteiger partial charge is 0.481 e. The Labute approximate surface area is 139 Å². The van der Waals surface area contributed by atoms with Gasteiger partial charge in [0.15, 0.2) is 5.82 Å². The second kappa shape index (κ2) is 6.32. The summed E-state index contributed by atoms with van der Waals surface area (Å²) in [5.74, 6) is 1.45. The highest BCUT2D eigenvalue weighted by molar-refractivity contribution is 5.32. The number of ether oxygens (including phenoxy) is 1. The first kappa shape index (κ1) is 14.7.